The van der Waals surface area contributed by atoms with Crippen LogP contribution in [0.25, 0.3) is 0 Å². The quantitative estimate of drug-likeness (QED) is 0.0713. The number of anilines is 1. The molecule has 0 radical (unpaired) electrons. The fourth-order valence-corrected chi connectivity index (χ4v) is 8.05. The van der Waals surface area contributed by atoms with Gasteiger partial charge in [-0.2, -0.15) is 0 Å². The monoisotopic (exact) mass is 673 g/mol. The molecular formula is C32H28BrN5O3S2. The topological polar surface area (TPSA) is 95.9 Å². The Balaban J connectivity index is 1.33. The van der Waals surface area contributed by atoms with E-state index in [1.807, 2.05) is 60.8 Å². The average Bonchev–Trinajstić information content (AvgIpc) is 3.51. The second-order valence-electron chi connectivity index (χ2n) is 9.92. The van der Waals surface area contributed by atoms with Gasteiger partial charge in [0.15, 0.2) is 10.8 Å². The number of alkyl halides is 1. The van der Waals surface area contributed by atoms with Crippen molar-refractivity contribution in [1.82, 2.24) is 15.2 Å². The van der Waals surface area contributed by atoms with Gasteiger partial charge in [-0.25, -0.2) is 4.98 Å². The van der Waals surface area contributed by atoms with Gasteiger partial charge in [0.1, 0.15) is 23.7 Å². The fourth-order valence-electron chi connectivity index (χ4n) is 5.26. The summed E-state index contributed by atoms with van der Waals surface area (Å²) >= 11 is 6.41. The number of nitrogens with zero attached hydrogens (tertiary/aromatic N) is 3. The van der Waals surface area contributed by atoms with Crippen molar-refractivity contribution in [3.63, 3.8) is 0 Å². The Morgan fingerprint density at radius 1 is 1.02 bits per heavy atom. The van der Waals surface area contributed by atoms with Gasteiger partial charge in [-0.3, -0.25) is 9.59 Å². The Labute approximate surface area is 266 Å². The number of rotatable bonds is 10. The van der Waals surface area contributed by atoms with E-state index in [9.17, 15) is 9.59 Å². The van der Waals surface area contributed by atoms with Crippen molar-refractivity contribution in [2.75, 3.05) is 17.8 Å². The first kappa shape index (κ1) is 29.2. The highest BCUT2D eigenvalue weighted by atomic mass is 79.9. The summed E-state index contributed by atoms with van der Waals surface area (Å²) in [5.74, 6) is -0.329. The van der Waals surface area contributed by atoms with Crippen molar-refractivity contribution in [3.05, 3.63) is 131 Å². The molecule has 2 N–H and O–H groups in total. The first-order valence-corrected chi connectivity index (χ1v) is 16.5. The predicted molar refractivity (Wildman–Crippen MR) is 175 cm³/mol. The number of fused-ring (bicyclic) bond motifs is 1. The van der Waals surface area contributed by atoms with E-state index in [0.717, 1.165) is 22.3 Å². The van der Waals surface area contributed by atoms with Gasteiger partial charge in [0.2, 0.25) is 5.91 Å². The zero-order valence-corrected chi connectivity index (χ0v) is 26.4. The number of carbonyl (C=O) groups excluding carboxylic acids is 2. The number of hydrogen-bond acceptors (Lipinski definition) is 8. The number of β-lactam (4-membered cyclic amide) rings is 1. The molecule has 11 heteroatoms. The number of amides is 2. The van der Waals surface area contributed by atoms with Crippen molar-refractivity contribution in [2.45, 2.75) is 22.7 Å². The molecule has 0 spiro atoms. The maximum absolute atomic E-state index is 13.6. The van der Waals surface area contributed by atoms with E-state index < -0.39 is 11.4 Å². The number of aromatic nitrogens is 1. The van der Waals surface area contributed by atoms with Gasteiger partial charge >= 0.3 is 0 Å². The maximum atomic E-state index is 13.6. The van der Waals surface area contributed by atoms with Gasteiger partial charge in [0, 0.05) is 16.9 Å². The van der Waals surface area contributed by atoms with Gasteiger partial charge in [0.05, 0.1) is 11.8 Å². The number of oxime groups is 1. The molecule has 0 bridgehead atoms. The van der Waals surface area contributed by atoms with Crippen LogP contribution in [0.2, 0.25) is 0 Å². The first-order valence-electron chi connectivity index (χ1n) is 13.6. The highest BCUT2D eigenvalue weighted by Gasteiger charge is 2.42. The molecule has 3 heterocycles. The molecule has 8 nitrogen and oxygen atoms in total. The van der Waals surface area contributed by atoms with Crippen LogP contribution in [-0.2, 0) is 20.0 Å². The van der Waals surface area contributed by atoms with Crippen molar-refractivity contribution in [2.24, 2.45) is 5.16 Å². The second kappa shape index (κ2) is 12.7. The molecule has 2 aliphatic heterocycles. The van der Waals surface area contributed by atoms with Gasteiger partial charge in [-0.15, -0.1) is 23.1 Å². The number of carbonyl (C=O) groups is 2. The lowest BCUT2D eigenvalue weighted by molar-refractivity contribution is -0.137. The Morgan fingerprint density at radius 3 is 2.12 bits per heavy atom. The summed E-state index contributed by atoms with van der Waals surface area (Å²) in [5.41, 5.74) is 3.70. The minimum absolute atomic E-state index is 0.0144. The van der Waals surface area contributed by atoms with Crippen molar-refractivity contribution >= 4 is 61.7 Å². The highest BCUT2D eigenvalue weighted by molar-refractivity contribution is 9.09. The number of thiazole rings is 1. The molecule has 2 aliphatic rings. The van der Waals surface area contributed by atoms with Crippen LogP contribution in [0.5, 0.6) is 0 Å². The predicted octanol–water partition coefficient (Wildman–Crippen LogP) is 5.92. The molecule has 2 amide bonds. The van der Waals surface area contributed by atoms with Crippen LogP contribution >= 0.6 is 39.0 Å². The van der Waals surface area contributed by atoms with Crippen LogP contribution in [0.15, 0.2) is 113 Å². The zero-order valence-electron chi connectivity index (χ0n) is 23.1. The Bertz CT molecular complexity index is 1570. The normalized spacial score (nSPS) is 18.3. The molecule has 6 rings (SSSR count). The largest absolute Gasteiger partial charge is 0.398 e. The average molecular weight is 675 g/mol. The molecule has 1 fully saturated rings. The molecule has 2 unspecified atom stereocenters. The lowest BCUT2D eigenvalue weighted by atomic mass is 9.77. The molecule has 218 valence electrons. The summed E-state index contributed by atoms with van der Waals surface area (Å²) < 4.78 is 0. The van der Waals surface area contributed by atoms with Crippen LogP contribution in [0.1, 0.15) is 28.8 Å². The van der Waals surface area contributed by atoms with Crippen LogP contribution < -0.4 is 10.6 Å². The molecule has 1 saturated heterocycles. The van der Waals surface area contributed by atoms with Gasteiger partial charge in [0.25, 0.3) is 5.91 Å². The van der Waals surface area contributed by atoms with E-state index >= 15 is 0 Å². The standard InChI is InChI=1S/C32H28BrN5O3S2/c1-41-37-28(29(40)35-30-21(18-33)19-38-26(39)17-27(38)43-30)25-20-42-31(34-25)36-32(22-11-5-2-6-12-22,23-13-7-3-8-14-23)24-15-9-4-10-16-24/h2-16,19-20,27,30H,17-18H2,1H3,(H,34,36)(H,35,40)/b37-28-. The number of thioether (sulfide) groups is 1. The molecule has 2 atom stereocenters. The van der Waals surface area contributed by atoms with E-state index in [1.54, 1.807) is 10.3 Å². The number of benzene rings is 3. The van der Waals surface area contributed by atoms with Crippen molar-refractivity contribution in [3.8, 4) is 0 Å². The summed E-state index contributed by atoms with van der Waals surface area (Å²) in [6, 6.07) is 30.7. The van der Waals surface area contributed by atoms with Crippen LogP contribution in [0.4, 0.5) is 5.13 Å². The highest BCUT2D eigenvalue weighted by Crippen LogP contribution is 2.41. The molecule has 0 aliphatic carbocycles. The number of hydrogen-bond donors (Lipinski definition) is 2. The minimum atomic E-state index is -0.764. The van der Waals surface area contributed by atoms with E-state index in [4.69, 9.17) is 9.82 Å². The Kier molecular flexibility index (Phi) is 8.64. The molecule has 43 heavy (non-hydrogen) atoms. The van der Waals surface area contributed by atoms with E-state index in [-0.39, 0.29) is 22.4 Å². The molecule has 1 aromatic heterocycles. The molecular weight excluding hydrogens is 646 g/mol. The third-order valence-corrected chi connectivity index (χ3v) is 10.2. The van der Waals surface area contributed by atoms with Crippen molar-refractivity contribution < 1.29 is 14.4 Å². The van der Waals surface area contributed by atoms with Crippen LogP contribution in [0, 0.1) is 0 Å². The fraction of sp³-hybridized carbons (Fsp3) is 0.188. The molecule has 3 aromatic carbocycles. The third kappa shape index (κ3) is 5.72. The van der Waals surface area contributed by atoms with E-state index in [1.165, 1.54) is 30.2 Å². The summed E-state index contributed by atoms with van der Waals surface area (Å²) in [5, 5.41) is 13.5. The first-order chi connectivity index (χ1) is 21.0. The van der Waals surface area contributed by atoms with Gasteiger partial charge < -0.3 is 20.4 Å². The lowest BCUT2D eigenvalue weighted by Gasteiger charge is -2.44. The second-order valence-corrected chi connectivity index (χ2v) is 12.6. The maximum Gasteiger partial charge on any atom is 0.276 e. The van der Waals surface area contributed by atoms with E-state index in [2.05, 4.69) is 68.1 Å². The minimum Gasteiger partial charge on any atom is -0.398 e. The van der Waals surface area contributed by atoms with Crippen LogP contribution in [0.3, 0.4) is 0 Å². The smallest absolute Gasteiger partial charge is 0.276 e. The number of halogens is 1. The van der Waals surface area contributed by atoms with Gasteiger partial charge in [-0.05, 0) is 22.3 Å². The van der Waals surface area contributed by atoms with Gasteiger partial charge in [-0.1, -0.05) is 112 Å². The van der Waals surface area contributed by atoms with Crippen molar-refractivity contribution in [1.29, 1.82) is 0 Å². The summed E-state index contributed by atoms with van der Waals surface area (Å²) in [6.45, 7) is 0. The molecule has 0 saturated carbocycles. The third-order valence-electron chi connectivity index (χ3n) is 7.36. The summed E-state index contributed by atoms with van der Waals surface area (Å²) in [6.07, 6.45) is 2.27. The summed E-state index contributed by atoms with van der Waals surface area (Å²) in [4.78, 5) is 37.2. The Hall–Kier alpha value is -3.93. The SMILES string of the molecule is CO/N=C(\C(=O)NC1SC2CC(=O)N2C=C1CBr)c1csc(NC(c2ccccc2)(c2ccccc2)c2ccccc2)n1. The zero-order chi connectivity index (χ0) is 29.8. The Morgan fingerprint density at radius 2 is 1.60 bits per heavy atom. The number of nitrogens with one attached hydrogen (secondary N) is 2. The van der Waals surface area contributed by atoms with E-state index in [0.29, 0.717) is 22.6 Å². The lowest BCUT2D eigenvalue weighted by Crippen LogP contribution is -2.53. The van der Waals surface area contributed by atoms with Crippen LogP contribution in [-0.4, -0.2) is 50.6 Å². The summed E-state index contributed by atoms with van der Waals surface area (Å²) in [7, 11) is 1.40. The molecule has 4 aromatic rings.